The first kappa shape index (κ1) is 32.6. The molecular formula is C10H2F16O9. The molecule has 0 radical (unpaired) electrons. The van der Waals surface area contributed by atoms with E-state index < -0.39 is 61.2 Å². The van der Waals surface area contributed by atoms with Crippen LogP contribution in [-0.2, 0) is 33.3 Å². The predicted octanol–water partition coefficient (Wildman–Crippen LogP) is 3.90. The summed E-state index contributed by atoms with van der Waals surface area (Å²) in [5.41, 5.74) is 0. The van der Waals surface area contributed by atoms with E-state index in [9.17, 15) is 79.8 Å². The van der Waals surface area contributed by atoms with Crippen molar-refractivity contribution in [3.63, 3.8) is 0 Å². The first-order chi connectivity index (χ1) is 14.9. The number of carboxylic acids is 2. The maximum atomic E-state index is 13.1. The Bertz CT molecular complexity index is 797. The molecule has 0 aromatic heterocycles. The largest absolute Gasteiger partial charge is 0.497 e. The molecule has 0 aliphatic rings. The van der Waals surface area contributed by atoms with E-state index in [0.717, 1.165) is 0 Å². The third-order valence-electron chi connectivity index (χ3n) is 2.42. The number of alkyl halides is 16. The Morgan fingerprint density at radius 1 is 0.400 bits per heavy atom. The predicted molar refractivity (Wildman–Crippen MR) is 60.3 cm³/mol. The average molecular weight is 570 g/mol. The van der Waals surface area contributed by atoms with Crippen LogP contribution in [0, 0.1) is 0 Å². The van der Waals surface area contributed by atoms with E-state index in [1.54, 1.807) is 9.47 Å². The van der Waals surface area contributed by atoms with Gasteiger partial charge in [0.05, 0.1) is 0 Å². The number of hydrogen-bond donors (Lipinski definition) is 2. The molecule has 9 nitrogen and oxygen atoms in total. The standard InChI is InChI=1S/C10H2F16O9/c11-3(12,1(27)28)31-5(15,16)6(17,18)33-7(19,20)8(21,22)34-10(25,26)35-9(23,24)32-4(13,14)2(29)30/h(H,27,28)(H,29,30). The molecule has 25 heteroatoms. The Balaban J connectivity index is 5.76. The van der Waals surface area contributed by atoms with Crippen LogP contribution in [0.4, 0.5) is 70.2 Å². The molecule has 0 unspecified atom stereocenters. The lowest BCUT2D eigenvalue weighted by Crippen LogP contribution is -2.58. The van der Waals surface area contributed by atoms with Crippen LogP contribution in [0.2, 0.25) is 0 Å². The van der Waals surface area contributed by atoms with Gasteiger partial charge in [-0.05, 0) is 0 Å². The molecule has 0 rings (SSSR count). The Morgan fingerprint density at radius 3 is 1.00 bits per heavy atom. The summed E-state index contributed by atoms with van der Waals surface area (Å²) in [4.78, 5) is 19.7. The van der Waals surface area contributed by atoms with Crippen molar-refractivity contribution in [1.82, 2.24) is 0 Å². The second-order valence-electron chi connectivity index (χ2n) is 5.15. The second-order valence-corrected chi connectivity index (χ2v) is 5.15. The van der Waals surface area contributed by atoms with Gasteiger partial charge in [0.2, 0.25) is 0 Å². The Kier molecular flexibility index (Phi) is 8.62. The average Bonchev–Trinajstić information content (AvgIpc) is 2.48. The van der Waals surface area contributed by atoms with Crippen molar-refractivity contribution in [2.75, 3.05) is 0 Å². The number of aliphatic carboxylic acids is 2. The molecule has 35 heavy (non-hydrogen) atoms. The fourth-order valence-corrected chi connectivity index (χ4v) is 1.13. The molecular weight excluding hydrogens is 568 g/mol. The highest BCUT2D eigenvalue weighted by Crippen LogP contribution is 2.49. The zero-order valence-electron chi connectivity index (χ0n) is 14.8. The summed E-state index contributed by atoms with van der Waals surface area (Å²) in [5, 5.41) is 15.5. The third kappa shape index (κ3) is 8.36. The van der Waals surface area contributed by atoms with E-state index >= 15 is 0 Å². The highest BCUT2D eigenvalue weighted by Gasteiger charge is 2.75. The molecule has 0 aliphatic heterocycles. The monoisotopic (exact) mass is 570 g/mol. The normalized spacial score (nSPS) is 15.3. The molecule has 2 N–H and O–H groups in total. The Morgan fingerprint density at radius 2 is 0.657 bits per heavy atom. The molecule has 208 valence electrons. The van der Waals surface area contributed by atoms with Crippen LogP contribution in [0.3, 0.4) is 0 Å². The minimum Gasteiger partial charge on any atom is -0.475 e. The van der Waals surface area contributed by atoms with Crippen molar-refractivity contribution in [3.05, 3.63) is 0 Å². The third-order valence-corrected chi connectivity index (χ3v) is 2.42. The fourth-order valence-electron chi connectivity index (χ4n) is 1.13. The molecule has 0 bridgehead atoms. The van der Waals surface area contributed by atoms with Gasteiger partial charge in [-0.25, -0.2) is 33.3 Å². The van der Waals surface area contributed by atoms with Crippen molar-refractivity contribution >= 4 is 11.9 Å². The number of hydrogen-bond acceptors (Lipinski definition) is 7. The first-order valence-electron chi connectivity index (χ1n) is 6.92. The summed E-state index contributed by atoms with van der Waals surface area (Å²) in [7, 11) is 0. The van der Waals surface area contributed by atoms with Gasteiger partial charge in [0.25, 0.3) is 0 Å². The quantitative estimate of drug-likeness (QED) is 0.237. The summed E-state index contributed by atoms with van der Waals surface area (Å²) in [6.45, 7) is 0. The fraction of sp³-hybridized carbons (Fsp3) is 0.800. The van der Waals surface area contributed by atoms with Gasteiger partial charge >= 0.3 is 61.2 Å². The van der Waals surface area contributed by atoms with Gasteiger partial charge < -0.3 is 10.2 Å². The maximum absolute atomic E-state index is 13.1. The summed E-state index contributed by atoms with van der Waals surface area (Å²) >= 11 is 0. The lowest BCUT2D eigenvalue weighted by atomic mass is 10.5. The molecule has 0 aliphatic carbocycles. The van der Waals surface area contributed by atoms with Crippen LogP contribution in [0.15, 0.2) is 0 Å². The van der Waals surface area contributed by atoms with Crippen LogP contribution in [0.5, 0.6) is 0 Å². The number of halogens is 16. The highest BCUT2D eigenvalue weighted by atomic mass is 19.4. The van der Waals surface area contributed by atoms with Gasteiger partial charge in [0.15, 0.2) is 0 Å². The maximum Gasteiger partial charge on any atom is 0.497 e. The van der Waals surface area contributed by atoms with E-state index in [1.807, 2.05) is 4.74 Å². The minimum absolute atomic E-state index is 1.42. The topological polar surface area (TPSA) is 121 Å². The summed E-state index contributed by atoms with van der Waals surface area (Å²) in [6.07, 6.45) is -56.1. The number of ether oxygens (including phenoxy) is 5. The lowest BCUT2D eigenvalue weighted by molar-refractivity contribution is -0.603. The van der Waals surface area contributed by atoms with E-state index in [1.165, 1.54) is 9.47 Å². The van der Waals surface area contributed by atoms with Crippen molar-refractivity contribution in [3.8, 4) is 0 Å². The smallest absolute Gasteiger partial charge is 0.475 e. The number of carboxylic acid groups (broad SMARTS) is 2. The molecule has 0 heterocycles. The van der Waals surface area contributed by atoms with E-state index in [2.05, 4.69) is 0 Å². The van der Waals surface area contributed by atoms with Gasteiger partial charge in [-0.1, -0.05) is 0 Å². The van der Waals surface area contributed by atoms with Gasteiger partial charge in [-0.3, -0.25) is 0 Å². The molecule has 0 amide bonds. The zero-order chi connectivity index (χ0) is 28.7. The van der Waals surface area contributed by atoms with Crippen LogP contribution < -0.4 is 0 Å². The van der Waals surface area contributed by atoms with Crippen molar-refractivity contribution in [2.24, 2.45) is 0 Å². The van der Waals surface area contributed by atoms with Gasteiger partial charge in [0.1, 0.15) is 0 Å². The molecule has 0 aromatic rings. The highest BCUT2D eigenvalue weighted by molar-refractivity contribution is 5.73. The molecule has 0 saturated heterocycles. The van der Waals surface area contributed by atoms with Crippen molar-refractivity contribution in [1.29, 1.82) is 0 Å². The van der Waals surface area contributed by atoms with Gasteiger partial charge in [-0.15, -0.1) is 17.6 Å². The van der Waals surface area contributed by atoms with Crippen LogP contribution in [-0.4, -0.2) is 71.4 Å². The van der Waals surface area contributed by atoms with Crippen molar-refractivity contribution in [2.45, 2.75) is 49.2 Å². The summed E-state index contributed by atoms with van der Waals surface area (Å²) < 4.78 is 213. The minimum atomic E-state index is -7.59. The van der Waals surface area contributed by atoms with Crippen LogP contribution in [0.25, 0.3) is 0 Å². The zero-order valence-corrected chi connectivity index (χ0v) is 14.8. The van der Waals surface area contributed by atoms with E-state index in [4.69, 9.17) is 10.2 Å². The molecule has 0 saturated carbocycles. The second kappa shape index (κ2) is 9.25. The molecule has 0 atom stereocenters. The number of rotatable bonds is 14. The Hall–Kier alpha value is -2.38. The summed E-state index contributed by atoms with van der Waals surface area (Å²) in [5.74, 6) is -7.42. The van der Waals surface area contributed by atoms with Crippen LogP contribution in [0.1, 0.15) is 0 Å². The van der Waals surface area contributed by atoms with E-state index in [-0.39, 0.29) is 0 Å². The van der Waals surface area contributed by atoms with Gasteiger partial charge in [-0.2, -0.15) is 52.7 Å². The van der Waals surface area contributed by atoms with Crippen molar-refractivity contribution < 1.29 is 114 Å². The SMILES string of the molecule is O=C(O)C(F)(F)OC(F)(F)OC(F)(F)OC(F)(F)C(F)(F)OC(F)(F)C(F)(F)OC(F)(F)C(=O)O. The van der Waals surface area contributed by atoms with Crippen LogP contribution >= 0.6 is 0 Å². The van der Waals surface area contributed by atoms with Gasteiger partial charge in [0, 0.05) is 0 Å². The lowest BCUT2D eigenvalue weighted by Gasteiger charge is -2.33. The summed E-state index contributed by atoms with van der Waals surface area (Å²) in [6, 6.07) is 0. The molecule has 0 fully saturated rings. The number of carbonyl (C=O) groups is 2. The molecule has 0 spiro atoms. The molecule has 0 aromatic carbocycles. The van der Waals surface area contributed by atoms with E-state index in [0.29, 0.717) is 0 Å². The first-order valence-corrected chi connectivity index (χ1v) is 6.92. The Labute approximate surface area is 176 Å².